The van der Waals surface area contributed by atoms with Gasteiger partial charge in [0.25, 0.3) is 0 Å². The molecule has 0 spiro atoms. The Morgan fingerprint density at radius 1 is 1.14 bits per heavy atom. The fourth-order valence-corrected chi connectivity index (χ4v) is 3.43. The van der Waals surface area contributed by atoms with E-state index in [1.807, 2.05) is 26.0 Å². The minimum Gasteiger partial charge on any atom is -0.329 e. The standard InChI is InChI=1S/C17H22N2O2/c1-3-14-16(20)18-10-4-5-15(18)17(21)19(14)11-13-8-6-12(2)7-9-13/h6-9,14-15H,3-5,10-11H2,1-2H3. The Kier molecular flexibility index (Phi) is 3.70. The Balaban J connectivity index is 1.85. The molecule has 2 aliphatic rings. The second-order valence-electron chi connectivity index (χ2n) is 6.07. The van der Waals surface area contributed by atoms with E-state index in [1.54, 1.807) is 9.80 Å². The number of rotatable bonds is 3. The van der Waals surface area contributed by atoms with E-state index >= 15 is 0 Å². The summed E-state index contributed by atoms with van der Waals surface area (Å²) in [6.45, 7) is 5.30. The van der Waals surface area contributed by atoms with E-state index in [-0.39, 0.29) is 23.9 Å². The minimum atomic E-state index is -0.298. The highest BCUT2D eigenvalue weighted by Crippen LogP contribution is 2.29. The summed E-state index contributed by atoms with van der Waals surface area (Å²) in [6, 6.07) is 7.67. The monoisotopic (exact) mass is 286 g/mol. The molecular weight excluding hydrogens is 264 g/mol. The molecular formula is C17H22N2O2. The predicted molar refractivity (Wildman–Crippen MR) is 80.5 cm³/mol. The first-order valence-electron chi connectivity index (χ1n) is 7.78. The molecule has 0 N–H and O–H groups in total. The second kappa shape index (κ2) is 5.51. The van der Waals surface area contributed by atoms with Crippen molar-refractivity contribution in [3.05, 3.63) is 35.4 Å². The van der Waals surface area contributed by atoms with E-state index in [9.17, 15) is 9.59 Å². The van der Waals surface area contributed by atoms with E-state index in [0.29, 0.717) is 13.0 Å². The molecule has 1 aromatic rings. The summed E-state index contributed by atoms with van der Waals surface area (Å²) in [5.41, 5.74) is 2.29. The topological polar surface area (TPSA) is 40.6 Å². The van der Waals surface area contributed by atoms with E-state index < -0.39 is 0 Å². The van der Waals surface area contributed by atoms with Crippen LogP contribution in [0.25, 0.3) is 0 Å². The second-order valence-corrected chi connectivity index (χ2v) is 6.07. The molecule has 3 rings (SSSR count). The summed E-state index contributed by atoms with van der Waals surface area (Å²) < 4.78 is 0. The van der Waals surface area contributed by atoms with Crippen molar-refractivity contribution in [3.63, 3.8) is 0 Å². The molecule has 0 radical (unpaired) electrons. The van der Waals surface area contributed by atoms with Gasteiger partial charge >= 0.3 is 0 Å². The summed E-state index contributed by atoms with van der Waals surface area (Å²) in [5.74, 6) is 0.256. The molecule has 4 heteroatoms. The number of nitrogens with zero attached hydrogens (tertiary/aromatic N) is 2. The van der Waals surface area contributed by atoms with E-state index in [4.69, 9.17) is 0 Å². The van der Waals surface area contributed by atoms with Crippen LogP contribution in [0.1, 0.15) is 37.3 Å². The Morgan fingerprint density at radius 3 is 2.52 bits per heavy atom. The van der Waals surface area contributed by atoms with Crippen LogP contribution in [0.15, 0.2) is 24.3 Å². The molecule has 2 saturated heterocycles. The number of carbonyl (C=O) groups is 2. The van der Waals surface area contributed by atoms with Crippen LogP contribution >= 0.6 is 0 Å². The van der Waals surface area contributed by atoms with Crippen molar-refractivity contribution in [2.75, 3.05) is 6.54 Å². The van der Waals surface area contributed by atoms with Gasteiger partial charge in [-0.3, -0.25) is 9.59 Å². The number of carbonyl (C=O) groups excluding carboxylic acids is 2. The van der Waals surface area contributed by atoms with Crippen molar-refractivity contribution in [2.24, 2.45) is 0 Å². The highest BCUT2D eigenvalue weighted by molar-refractivity contribution is 5.97. The van der Waals surface area contributed by atoms with Gasteiger partial charge in [-0.05, 0) is 31.7 Å². The Morgan fingerprint density at radius 2 is 1.86 bits per heavy atom. The van der Waals surface area contributed by atoms with Crippen LogP contribution < -0.4 is 0 Å². The molecule has 2 aliphatic heterocycles. The van der Waals surface area contributed by atoms with E-state index in [2.05, 4.69) is 12.1 Å². The molecule has 2 fully saturated rings. The van der Waals surface area contributed by atoms with Crippen LogP contribution in [0.5, 0.6) is 0 Å². The SMILES string of the molecule is CCC1C(=O)N2CCCC2C(=O)N1Cc1ccc(C)cc1. The highest BCUT2D eigenvalue weighted by Gasteiger charge is 2.46. The molecule has 2 heterocycles. The Labute approximate surface area is 125 Å². The third-order valence-electron chi connectivity index (χ3n) is 4.63. The molecule has 0 aromatic heterocycles. The third-order valence-corrected chi connectivity index (χ3v) is 4.63. The van der Waals surface area contributed by atoms with Crippen molar-refractivity contribution < 1.29 is 9.59 Å². The fourth-order valence-electron chi connectivity index (χ4n) is 3.43. The van der Waals surface area contributed by atoms with Gasteiger partial charge in [-0.1, -0.05) is 36.8 Å². The summed E-state index contributed by atoms with van der Waals surface area (Å²) in [6.07, 6.45) is 2.43. The smallest absolute Gasteiger partial charge is 0.246 e. The van der Waals surface area contributed by atoms with Crippen molar-refractivity contribution in [2.45, 2.75) is 51.7 Å². The summed E-state index contributed by atoms with van der Waals surface area (Å²) >= 11 is 0. The molecule has 0 bridgehead atoms. The Bertz CT molecular complexity index is 552. The van der Waals surface area contributed by atoms with Gasteiger partial charge in [0, 0.05) is 13.1 Å². The lowest BCUT2D eigenvalue weighted by atomic mass is 10.0. The molecule has 0 saturated carbocycles. The van der Waals surface area contributed by atoms with Crippen molar-refractivity contribution in [1.29, 1.82) is 0 Å². The van der Waals surface area contributed by atoms with Gasteiger partial charge in [0.05, 0.1) is 0 Å². The first-order valence-corrected chi connectivity index (χ1v) is 7.78. The van der Waals surface area contributed by atoms with Crippen LogP contribution in [-0.2, 0) is 16.1 Å². The predicted octanol–water partition coefficient (Wildman–Crippen LogP) is 2.11. The van der Waals surface area contributed by atoms with Gasteiger partial charge in [-0.15, -0.1) is 0 Å². The van der Waals surface area contributed by atoms with Crippen molar-refractivity contribution in [3.8, 4) is 0 Å². The lowest BCUT2D eigenvalue weighted by molar-refractivity contribution is -0.160. The molecule has 0 aliphatic carbocycles. The molecule has 4 nitrogen and oxygen atoms in total. The molecule has 2 unspecified atom stereocenters. The van der Waals surface area contributed by atoms with E-state index in [0.717, 1.165) is 24.9 Å². The number of benzene rings is 1. The number of amides is 2. The number of fused-ring (bicyclic) bond motifs is 1. The first-order chi connectivity index (χ1) is 10.1. The molecule has 112 valence electrons. The largest absolute Gasteiger partial charge is 0.329 e. The van der Waals surface area contributed by atoms with Gasteiger partial charge in [0.1, 0.15) is 12.1 Å². The number of piperazine rings is 1. The van der Waals surface area contributed by atoms with Gasteiger partial charge < -0.3 is 9.80 Å². The quantitative estimate of drug-likeness (QED) is 0.854. The Hall–Kier alpha value is -1.84. The zero-order valence-electron chi connectivity index (χ0n) is 12.7. The average molecular weight is 286 g/mol. The van der Waals surface area contributed by atoms with Gasteiger partial charge in [-0.2, -0.15) is 0 Å². The van der Waals surface area contributed by atoms with Gasteiger partial charge in [0.15, 0.2) is 0 Å². The fraction of sp³-hybridized carbons (Fsp3) is 0.529. The maximum absolute atomic E-state index is 12.7. The maximum atomic E-state index is 12.7. The van der Waals surface area contributed by atoms with Crippen LogP contribution in [0, 0.1) is 6.92 Å². The summed E-state index contributed by atoms with van der Waals surface area (Å²) in [4.78, 5) is 28.9. The van der Waals surface area contributed by atoms with E-state index in [1.165, 1.54) is 5.56 Å². The number of hydrogen-bond donors (Lipinski definition) is 0. The van der Waals surface area contributed by atoms with Crippen LogP contribution in [-0.4, -0.2) is 40.2 Å². The first kappa shape index (κ1) is 14.1. The molecule has 2 amide bonds. The maximum Gasteiger partial charge on any atom is 0.246 e. The van der Waals surface area contributed by atoms with Gasteiger partial charge in [0.2, 0.25) is 11.8 Å². The molecule has 2 atom stereocenters. The molecule has 1 aromatic carbocycles. The minimum absolute atomic E-state index is 0.125. The highest BCUT2D eigenvalue weighted by atomic mass is 16.2. The normalized spacial score (nSPS) is 25.4. The number of hydrogen-bond acceptors (Lipinski definition) is 2. The lowest BCUT2D eigenvalue weighted by Gasteiger charge is -2.42. The molecule has 21 heavy (non-hydrogen) atoms. The summed E-state index contributed by atoms with van der Waals surface area (Å²) in [5, 5.41) is 0. The zero-order chi connectivity index (χ0) is 15.0. The average Bonchev–Trinajstić information content (AvgIpc) is 2.97. The lowest BCUT2D eigenvalue weighted by Crippen LogP contribution is -2.62. The number of aryl methyl sites for hydroxylation is 1. The summed E-state index contributed by atoms with van der Waals surface area (Å²) in [7, 11) is 0. The van der Waals surface area contributed by atoms with Crippen LogP contribution in [0.2, 0.25) is 0 Å². The third kappa shape index (κ3) is 2.43. The zero-order valence-corrected chi connectivity index (χ0v) is 12.7. The van der Waals surface area contributed by atoms with Crippen molar-refractivity contribution >= 4 is 11.8 Å². The van der Waals surface area contributed by atoms with Gasteiger partial charge in [-0.25, -0.2) is 0 Å². The van der Waals surface area contributed by atoms with Crippen molar-refractivity contribution in [1.82, 2.24) is 9.80 Å². The van der Waals surface area contributed by atoms with Crippen LogP contribution in [0.3, 0.4) is 0 Å². The van der Waals surface area contributed by atoms with Crippen LogP contribution in [0.4, 0.5) is 0 Å².